The summed E-state index contributed by atoms with van der Waals surface area (Å²) in [5.41, 5.74) is 8.57. The number of hydrogen-bond acceptors (Lipinski definition) is 3. The Balaban J connectivity index is 1.94. The van der Waals surface area contributed by atoms with Crippen LogP contribution in [0.15, 0.2) is 12.4 Å². The molecule has 0 aliphatic heterocycles. The van der Waals surface area contributed by atoms with Crippen molar-refractivity contribution in [2.75, 3.05) is 13.7 Å². The molecule has 2 atom stereocenters. The molecule has 2 rings (SSSR count). The second-order valence-corrected chi connectivity index (χ2v) is 5.33. The number of nitrogens with one attached hydrogen (secondary N) is 1. The van der Waals surface area contributed by atoms with Gasteiger partial charge in [-0.2, -0.15) is 0 Å². The maximum absolute atomic E-state index is 11.9. The molecule has 3 N–H and O–H groups in total. The Morgan fingerprint density at radius 3 is 3.11 bits per heavy atom. The number of nitrogens with zero attached hydrogens (tertiary/aromatic N) is 1. The van der Waals surface area contributed by atoms with E-state index in [4.69, 9.17) is 10.5 Å². The van der Waals surface area contributed by atoms with E-state index in [9.17, 15) is 4.79 Å². The first kappa shape index (κ1) is 14.1. The highest BCUT2D eigenvalue weighted by Gasteiger charge is 2.19. The van der Waals surface area contributed by atoms with Crippen LogP contribution >= 0.6 is 0 Å². The Hall–Kier alpha value is -1.33. The van der Waals surface area contributed by atoms with Gasteiger partial charge in [0.05, 0.1) is 6.61 Å². The summed E-state index contributed by atoms with van der Waals surface area (Å²) in [4.78, 5) is 11.9. The zero-order valence-electron chi connectivity index (χ0n) is 11.7. The molecule has 0 aromatic carbocycles. The predicted octanol–water partition coefficient (Wildman–Crippen LogP) is 0.975. The van der Waals surface area contributed by atoms with Crippen LogP contribution in [0.5, 0.6) is 0 Å². The predicted molar refractivity (Wildman–Crippen MR) is 73.8 cm³/mol. The van der Waals surface area contributed by atoms with Crippen LogP contribution in [-0.4, -0.2) is 30.2 Å². The largest absolute Gasteiger partial charge is 0.383 e. The van der Waals surface area contributed by atoms with Crippen LogP contribution in [0, 0.1) is 0 Å². The molecule has 19 heavy (non-hydrogen) atoms. The number of aromatic nitrogens is 1. The van der Waals surface area contributed by atoms with Crippen LogP contribution < -0.4 is 11.1 Å². The fourth-order valence-corrected chi connectivity index (χ4v) is 2.65. The summed E-state index contributed by atoms with van der Waals surface area (Å²) in [6.07, 6.45) is 7.30. The van der Waals surface area contributed by atoms with Gasteiger partial charge in [-0.3, -0.25) is 4.79 Å². The smallest absolute Gasteiger partial charge is 0.240 e. The molecule has 0 saturated carbocycles. The van der Waals surface area contributed by atoms with E-state index in [1.165, 1.54) is 11.1 Å². The number of ether oxygens (including phenoxy) is 1. The van der Waals surface area contributed by atoms with Crippen molar-refractivity contribution >= 4 is 5.91 Å². The molecule has 106 valence electrons. The van der Waals surface area contributed by atoms with Gasteiger partial charge in [-0.1, -0.05) is 0 Å². The summed E-state index contributed by atoms with van der Waals surface area (Å²) in [7, 11) is 1.63. The van der Waals surface area contributed by atoms with Gasteiger partial charge >= 0.3 is 0 Å². The van der Waals surface area contributed by atoms with E-state index >= 15 is 0 Å². The molecule has 1 aliphatic carbocycles. The molecule has 1 aliphatic rings. The molecule has 1 heterocycles. The molecular formula is C14H23N3O2. The van der Waals surface area contributed by atoms with Crippen molar-refractivity contribution in [1.29, 1.82) is 0 Å². The number of aryl methyl sites for hydroxylation is 1. The number of carbonyl (C=O) groups excluding carboxylic acids is 1. The number of rotatable bonds is 5. The second-order valence-electron chi connectivity index (χ2n) is 5.33. The first-order valence-corrected chi connectivity index (χ1v) is 6.82. The Morgan fingerprint density at radius 1 is 1.63 bits per heavy atom. The Kier molecular flexibility index (Phi) is 4.61. The van der Waals surface area contributed by atoms with Gasteiger partial charge in [-0.25, -0.2) is 0 Å². The van der Waals surface area contributed by atoms with Crippen molar-refractivity contribution in [3.05, 3.63) is 23.5 Å². The van der Waals surface area contributed by atoms with E-state index in [1.54, 1.807) is 7.11 Å². The molecule has 0 fully saturated rings. The van der Waals surface area contributed by atoms with Crippen LogP contribution in [0.25, 0.3) is 0 Å². The van der Waals surface area contributed by atoms with Gasteiger partial charge in [-0.15, -0.1) is 0 Å². The first-order chi connectivity index (χ1) is 9.10. The fourth-order valence-electron chi connectivity index (χ4n) is 2.65. The van der Waals surface area contributed by atoms with Gasteiger partial charge in [-0.05, 0) is 37.3 Å². The summed E-state index contributed by atoms with van der Waals surface area (Å²) in [6.45, 7) is 2.80. The summed E-state index contributed by atoms with van der Waals surface area (Å²) >= 11 is 0. The van der Waals surface area contributed by atoms with E-state index in [1.807, 2.05) is 17.7 Å². The lowest BCUT2D eigenvalue weighted by Crippen LogP contribution is -2.37. The van der Waals surface area contributed by atoms with Gasteiger partial charge in [0.15, 0.2) is 0 Å². The van der Waals surface area contributed by atoms with E-state index < -0.39 is 0 Å². The molecule has 5 heteroatoms. The second kappa shape index (κ2) is 6.21. The van der Waals surface area contributed by atoms with E-state index in [0.717, 1.165) is 19.3 Å². The maximum atomic E-state index is 11.9. The summed E-state index contributed by atoms with van der Waals surface area (Å²) in [5.74, 6) is 0.00506. The normalized spacial score (nSPS) is 19.8. The SMILES string of the molecule is COCC(C)NC(=O)Cn1cc2c(c1)C(N)CCC2. The highest BCUT2D eigenvalue weighted by atomic mass is 16.5. The standard InChI is InChI=1S/C14H23N3O2/c1-10(9-19-2)16-14(18)8-17-6-11-4-3-5-13(15)12(11)7-17/h6-7,10,13H,3-5,8-9,15H2,1-2H3,(H,16,18). The van der Waals surface area contributed by atoms with Gasteiger partial charge in [0.25, 0.3) is 0 Å². The first-order valence-electron chi connectivity index (χ1n) is 6.82. The topological polar surface area (TPSA) is 69.3 Å². The third-order valence-corrected chi connectivity index (χ3v) is 3.51. The lowest BCUT2D eigenvalue weighted by Gasteiger charge is -2.17. The number of hydrogen-bond donors (Lipinski definition) is 2. The van der Waals surface area contributed by atoms with E-state index in [2.05, 4.69) is 11.5 Å². The number of amides is 1. The van der Waals surface area contributed by atoms with Crippen molar-refractivity contribution in [2.24, 2.45) is 5.73 Å². The maximum Gasteiger partial charge on any atom is 0.240 e. The average Bonchev–Trinajstić information content (AvgIpc) is 2.72. The third kappa shape index (κ3) is 3.58. The fraction of sp³-hybridized carbons (Fsp3) is 0.643. The molecule has 5 nitrogen and oxygen atoms in total. The minimum atomic E-state index is 0.00506. The molecule has 0 saturated heterocycles. The van der Waals surface area contributed by atoms with Gasteiger partial charge < -0.3 is 20.4 Å². The van der Waals surface area contributed by atoms with Gasteiger partial charge in [0, 0.05) is 31.6 Å². The Bertz CT molecular complexity index is 442. The highest BCUT2D eigenvalue weighted by molar-refractivity contribution is 5.76. The lowest BCUT2D eigenvalue weighted by molar-refractivity contribution is -0.122. The molecule has 0 spiro atoms. The quantitative estimate of drug-likeness (QED) is 0.833. The monoisotopic (exact) mass is 265 g/mol. The van der Waals surface area contributed by atoms with Crippen molar-refractivity contribution < 1.29 is 9.53 Å². The molecule has 1 aromatic rings. The minimum Gasteiger partial charge on any atom is -0.383 e. The molecule has 2 unspecified atom stereocenters. The molecular weight excluding hydrogens is 242 g/mol. The van der Waals surface area contributed by atoms with Crippen molar-refractivity contribution in [3.63, 3.8) is 0 Å². The van der Waals surface area contributed by atoms with Gasteiger partial charge in [0.2, 0.25) is 5.91 Å². The molecule has 1 amide bonds. The van der Waals surface area contributed by atoms with Crippen molar-refractivity contribution in [1.82, 2.24) is 9.88 Å². The number of carbonyl (C=O) groups is 1. The summed E-state index contributed by atoms with van der Waals surface area (Å²) < 4.78 is 6.93. The Labute approximate surface area is 114 Å². The van der Waals surface area contributed by atoms with Gasteiger partial charge in [0.1, 0.15) is 6.54 Å². The summed E-state index contributed by atoms with van der Waals surface area (Å²) in [5, 5.41) is 2.90. The number of nitrogens with two attached hydrogens (primary N) is 1. The summed E-state index contributed by atoms with van der Waals surface area (Å²) in [6, 6.07) is 0.158. The average molecular weight is 265 g/mol. The van der Waals surface area contributed by atoms with Crippen molar-refractivity contribution in [2.45, 2.75) is 44.8 Å². The number of methoxy groups -OCH3 is 1. The van der Waals surface area contributed by atoms with Crippen LogP contribution in [0.1, 0.15) is 36.9 Å². The van der Waals surface area contributed by atoms with Crippen LogP contribution in [-0.2, 0) is 22.5 Å². The lowest BCUT2D eigenvalue weighted by atomic mass is 9.92. The van der Waals surface area contributed by atoms with Crippen LogP contribution in [0.4, 0.5) is 0 Å². The van der Waals surface area contributed by atoms with Crippen LogP contribution in [0.3, 0.4) is 0 Å². The number of fused-ring (bicyclic) bond motifs is 1. The van der Waals surface area contributed by atoms with Crippen molar-refractivity contribution in [3.8, 4) is 0 Å². The minimum absolute atomic E-state index is 0.00506. The third-order valence-electron chi connectivity index (χ3n) is 3.51. The van der Waals surface area contributed by atoms with Crippen LogP contribution in [0.2, 0.25) is 0 Å². The molecule has 1 aromatic heterocycles. The van der Waals surface area contributed by atoms with E-state index in [0.29, 0.717) is 13.2 Å². The molecule has 0 bridgehead atoms. The highest BCUT2D eigenvalue weighted by Crippen LogP contribution is 2.28. The molecule has 0 radical (unpaired) electrons. The zero-order valence-corrected chi connectivity index (χ0v) is 11.7. The van der Waals surface area contributed by atoms with E-state index in [-0.39, 0.29) is 18.0 Å². The Morgan fingerprint density at radius 2 is 2.42 bits per heavy atom. The zero-order chi connectivity index (χ0) is 13.8.